The van der Waals surface area contributed by atoms with Gasteiger partial charge in [-0.1, -0.05) is 18.2 Å². The van der Waals surface area contributed by atoms with Gasteiger partial charge >= 0.3 is 0 Å². The van der Waals surface area contributed by atoms with Crippen molar-refractivity contribution >= 4 is 46.0 Å². The van der Waals surface area contributed by atoms with Gasteiger partial charge in [-0.2, -0.15) is 0 Å². The first-order chi connectivity index (χ1) is 14.3. The molecule has 0 aliphatic carbocycles. The van der Waals surface area contributed by atoms with Crippen molar-refractivity contribution < 1.29 is 9.18 Å². The lowest BCUT2D eigenvalue weighted by atomic mass is 10.2. The van der Waals surface area contributed by atoms with Crippen molar-refractivity contribution in [3.05, 3.63) is 64.1 Å². The second-order valence-corrected chi connectivity index (χ2v) is 7.00. The molecule has 0 atom stereocenters. The predicted molar refractivity (Wildman–Crippen MR) is 116 cm³/mol. The highest BCUT2D eigenvalue weighted by molar-refractivity contribution is 7.11. The van der Waals surface area contributed by atoms with E-state index in [1.165, 1.54) is 30.4 Å². The number of nitrogen functional groups attached to an aromatic ring is 2. The van der Waals surface area contributed by atoms with Crippen molar-refractivity contribution in [2.75, 3.05) is 16.8 Å². The molecule has 7 N–H and O–H groups in total. The van der Waals surface area contributed by atoms with Gasteiger partial charge in [0.2, 0.25) is 5.91 Å². The highest BCUT2D eigenvalue weighted by Crippen LogP contribution is 2.24. The molecular weight excluding hydrogens is 407 g/mol. The average Bonchev–Trinajstić information content (AvgIpc) is 3.23. The highest BCUT2D eigenvalue weighted by atomic mass is 32.1. The zero-order valence-electron chi connectivity index (χ0n) is 16.0. The third-order valence-electron chi connectivity index (χ3n) is 3.85. The van der Waals surface area contributed by atoms with E-state index < -0.39 is 0 Å². The number of aliphatic imine (C=N–C) groups is 1. The molecule has 0 unspecified atom stereocenters. The lowest BCUT2D eigenvalue weighted by Gasteiger charge is -2.10. The number of benzene rings is 1. The second-order valence-electron chi connectivity index (χ2n) is 6.10. The van der Waals surface area contributed by atoms with Crippen LogP contribution in [0.15, 0.2) is 46.9 Å². The molecule has 0 aliphatic rings. The summed E-state index contributed by atoms with van der Waals surface area (Å²) in [6.07, 6.45) is 3.14. The lowest BCUT2D eigenvalue weighted by molar-refractivity contribution is -0.114. The number of carbonyl (C=O) groups is 1. The van der Waals surface area contributed by atoms with Crippen LogP contribution in [0.3, 0.4) is 0 Å². The van der Waals surface area contributed by atoms with Gasteiger partial charge in [0.1, 0.15) is 16.5 Å². The summed E-state index contributed by atoms with van der Waals surface area (Å²) in [5.41, 5.74) is 19.0. The first-order valence-electron chi connectivity index (χ1n) is 8.71. The van der Waals surface area contributed by atoms with Gasteiger partial charge in [-0.15, -0.1) is 11.3 Å². The Kier molecular flexibility index (Phi) is 6.32. The fourth-order valence-electron chi connectivity index (χ4n) is 2.46. The molecule has 9 nitrogen and oxygen atoms in total. The molecule has 0 spiro atoms. The Labute approximate surface area is 175 Å². The quantitative estimate of drug-likeness (QED) is 0.440. The van der Waals surface area contributed by atoms with E-state index in [0.717, 1.165) is 0 Å². The van der Waals surface area contributed by atoms with Gasteiger partial charge < -0.3 is 22.5 Å². The van der Waals surface area contributed by atoms with Crippen LogP contribution in [-0.2, 0) is 11.3 Å². The molecule has 2 heterocycles. The van der Waals surface area contributed by atoms with Crippen LogP contribution < -0.4 is 22.5 Å². The lowest BCUT2D eigenvalue weighted by Crippen LogP contribution is -2.15. The fourth-order valence-corrected chi connectivity index (χ4v) is 3.08. The molecule has 3 aromatic rings. The molecule has 2 aromatic heterocycles. The standard InChI is InChI=1S/C19H19FN8OS/c1-10(29)26-15-16(22)27-18(28-17(15)23)13(21)8-14(19-24-6-7-30-19)25-9-11-4-2-3-5-12(11)20/h2-8H,9,21H2,1H3,(H,26,29)(H4,22,23,27,28). The van der Waals surface area contributed by atoms with Crippen LogP contribution in [-0.4, -0.2) is 26.6 Å². The van der Waals surface area contributed by atoms with E-state index in [1.807, 2.05) is 0 Å². The van der Waals surface area contributed by atoms with Crippen molar-refractivity contribution in [1.82, 2.24) is 15.0 Å². The summed E-state index contributed by atoms with van der Waals surface area (Å²) in [7, 11) is 0. The average molecular weight is 426 g/mol. The van der Waals surface area contributed by atoms with Crippen LogP contribution in [0, 0.1) is 5.82 Å². The SMILES string of the molecule is CC(=O)Nc1c(N)nc(C(N)=CC(=NCc2ccccc2F)c2nccs2)nc1N. The molecule has 0 fully saturated rings. The van der Waals surface area contributed by atoms with E-state index in [4.69, 9.17) is 17.2 Å². The Bertz CT molecular complexity index is 1100. The number of rotatable bonds is 6. The maximum atomic E-state index is 13.9. The summed E-state index contributed by atoms with van der Waals surface area (Å²) in [5.74, 6) is -0.700. The minimum atomic E-state index is -0.361. The number of thiazole rings is 1. The largest absolute Gasteiger partial charge is 0.396 e. The number of amides is 1. The molecule has 11 heteroatoms. The number of nitrogens with zero attached hydrogens (tertiary/aromatic N) is 4. The number of halogens is 1. The van der Waals surface area contributed by atoms with Crippen molar-refractivity contribution in [3.8, 4) is 0 Å². The van der Waals surface area contributed by atoms with Crippen LogP contribution in [0.25, 0.3) is 5.70 Å². The minimum absolute atomic E-state index is 0.0249. The van der Waals surface area contributed by atoms with Gasteiger partial charge in [-0.25, -0.2) is 19.3 Å². The highest BCUT2D eigenvalue weighted by Gasteiger charge is 2.14. The van der Waals surface area contributed by atoms with Gasteiger partial charge in [-0.3, -0.25) is 9.79 Å². The van der Waals surface area contributed by atoms with Crippen molar-refractivity contribution in [2.24, 2.45) is 10.7 Å². The zero-order valence-corrected chi connectivity index (χ0v) is 16.8. The summed E-state index contributed by atoms with van der Waals surface area (Å²) in [5, 5.41) is 4.85. The van der Waals surface area contributed by atoms with E-state index >= 15 is 0 Å². The number of anilines is 3. The van der Waals surface area contributed by atoms with Gasteiger partial charge in [0, 0.05) is 24.1 Å². The molecule has 0 bridgehead atoms. The third-order valence-corrected chi connectivity index (χ3v) is 4.64. The number of nitrogens with two attached hydrogens (primary N) is 3. The molecule has 3 rings (SSSR count). The van der Waals surface area contributed by atoms with Crippen LogP contribution in [0.4, 0.5) is 21.7 Å². The summed E-state index contributed by atoms with van der Waals surface area (Å²) in [4.78, 5) is 28.2. The van der Waals surface area contributed by atoms with Gasteiger partial charge in [0.25, 0.3) is 0 Å². The number of hydrogen-bond acceptors (Lipinski definition) is 9. The molecule has 30 heavy (non-hydrogen) atoms. The zero-order chi connectivity index (χ0) is 21.7. The van der Waals surface area contributed by atoms with Crippen molar-refractivity contribution in [1.29, 1.82) is 0 Å². The van der Waals surface area contributed by atoms with Gasteiger partial charge in [0.15, 0.2) is 17.5 Å². The minimum Gasteiger partial charge on any atom is -0.396 e. The van der Waals surface area contributed by atoms with E-state index in [2.05, 4.69) is 25.3 Å². The van der Waals surface area contributed by atoms with E-state index in [1.54, 1.807) is 29.8 Å². The van der Waals surface area contributed by atoms with Crippen LogP contribution in [0.5, 0.6) is 0 Å². The molecule has 0 saturated carbocycles. The van der Waals surface area contributed by atoms with Crippen molar-refractivity contribution in [3.63, 3.8) is 0 Å². The van der Waals surface area contributed by atoms with Gasteiger partial charge in [0.05, 0.1) is 18.0 Å². The van der Waals surface area contributed by atoms with E-state index in [-0.39, 0.29) is 47.1 Å². The Morgan fingerprint density at radius 1 is 1.27 bits per heavy atom. The molecule has 154 valence electrons. The molecule has 0 aliphatic heterocycles. The number of nitrogens with one attached hydrogen (secondary N) is 1. The van der Waals surface area contributed by atoms with Crippen LogP contribution in [0.2, 0.25) is 0 Å². The monoisotopic (exact) mass is 426 g/mol. The summed E-state index contributed by atoms with van der Waals surface area (Å²) in [6.45, 7) is 1.41. The van der Waals surface area contributed by atoms with Crippen LogP contribution in [0.1, 0.15) is 23.3 Å². The molecule has 1 aromatic carbocycles. The second kappa shape index (κ2) is 9.09. The van der Waals surface area contributed by atoms with E-state index in [9.17, 15) is 9.18 Å². The van der Waals surface area contributed by atoms with Crippen molar-refractivity contribution in [2.45, 2.75) is 13.5 Å². The Morgan fingerprint density at radius 2 is 1.97 bits per heavy atom. The normalized spacial score (nSPS) is 12.1. The molecule has 0 saturated heterocycles. The molecular formula is C19H19FN8OS. The molecule has 1 amide bonds. The Balaban J connectivity index is 1.96. The smallest absolute Gasteiger partial charge is 0.221 e. The topological polar surface area (TPSA) is 158 Å². The maximum Gasteiger partial charge on any atom is 0.221 e. The van der Waals surface area contributed by atoms with Crippen LogP contribution >= 0.6 is 11.3 Å². The number of carbonyl (C=O) groups excluding carboxylic acids is 1. The number of hydrogen-bond donors (Lipinski definition) is 4. The van der Waals surface area contributed by atoms with Gasteiger partial charge in [-0.05, 0) is 12.1 Å². The maximum absolute atomic E-state index is 13.9. The fraction of sp³-hybridized carbons (Fsp3) is 0.105. The molecule has 0 radical (unpaired) electrons. The Hall–Kier alpha value is -3.86. The summed E-state index contributed by atoms with van der Waals surface area (Å²) in [6, 6.07) is 6.36. The first-order valence-corrected chi connectivity index (χ1v) is 9.59. The number of allylic oxidation sites excluding steroid dienone is 1. The van der Waals surface area contributed by atoms with E-state index in [0.29, 0.717) is 16.3 Å². The number of aromatic nitrogens is 3. The summed E-state index contributed by atoms with van der Waals surface area (Å²) >= 11 is 1.35. The first kappa shape index (κ1) is 20.9. The summed E-state index contributed by atoms with van der Waals surface area (Å²) < 4.78 is 13.9. The Morgan fingerprint density at radius 3 is 2.57 bits per heavy atom. The predicted octanol–water partition coefficient (Wildman–Crippen LogP) is 2.18. The third kappa shape index (κ3) is 4.94.